The van der Waals surface area contributed by atoms with Crippen LogP contribution in [0.4, 0.5) is 9.93 Å². The van der Waals surface area contributed by atoms with Crippen molar-refractivity contribution in [2.45, 2.75) is 19.3 Å². The number of thiazole rings is 1. The molecule has 0 unspecified atom stereocenters. The molecule has 7 heteroatoms. The summed E-state index contributed by atoms with van der Waals surface area (Å²) in [4.78, 5) is 26.3. The van der Waals surface area contributed by atoms with Gasteiger partial charge in [-0.2, -0.15) is 0 Å². The Balaban J connectivity index is 1.77. The van der Waals surface area contributed by atoms with Crippen molar-refractivity contribution in [2.24, 2.45) is 0 Å². The quantitative estimate of drug-likeness (QED) is 0.684. The van der Waals surface area contributed by atoms with Gasteiger partial charge in [0.2, 0.25) is 0 Å². The number of rotatable bonds is 7. The number of carbonyl (C=O) groups is 2. The third-order valence-electron chi connectivity index (χ3n) is 2.85. The molecule has 0 spiro atoms. The molecule has 1 aromatic carbocycles. The zero-order chi connectivity index (χ0) is 15.8. The summed E-state index contributed by atoms with van der Waals surface area (Å²) in [5.41, 5.74) is 2.06. The van der Waals surface area contributed by atoms with Gasteiger partial charge < -0.3 is 10.4 Å². The lowest BCUT2D eigenvalue weighted by molar-refractivity contribution is -0.137. The first-order chi connectivity index (χ1) is 10.6. The Bertz CT molecular complexity index is 628. The van der Waals surface area contributed by atoms with Gasteiger partial charge in [-0.1, -0.05) is 30.3 Å². The molecule has 0 saturated carbocycles. The first-order valence-corrected chi connectivity index (χ1v) is 7.76. The second-order valence-electron chi connectivity index (χ2n) is 4.68. The molecule has 0 saturated heterocycles. The second-order valence-corrected chi connectivity index (χ2v) is 5.54. The number of amides is 2. The van der Waals surface area contributed by atoms with Crippen LogP contribution in [0.25, 0.3) is 0 Å². The van der Waals surface area contributed by atoms with E-state index in [1.54, 1.807) is 0 Å². The van der Waals surface area contributed by atoms with Gasteiger partial charge in [0.1, 0.15) is 0 Å². The number of anilines is 1. The molecule has 2 aromatic rings. The summed E-state index contributed by atoms with van der Waals surface area (Å²) < 4.78 is 0. The molecule has 0 bridgehead atoms. The molecule has 0 aliphatic heterocycles. The molecular formula is C15H17N3O3S. The van der Waals surface area contributed by atoms with Crippen LogP contribution in [0.3, 0.4) is 0 Å². The van der Waals surface area contributed by atoms with Crippen LogP contribution in [0.5, 0.6) is 0 Å². The van der Waals surface area contributed by atoms with Gasteiger partial charge in [-0.05, 0) is 12.0 Å². The number of nitrogens with zero attached hydrogens (tertiary/aromatic N) is 1. The van der Waals surface area contributed by atoms with E-state index in [2.05, 4.69) is 15.6 Å². The van der Waals surface area contributed by atoms with E-state index in [-0.39, 0.29) is 12.5 Å². The van der Waals surface area contributed by atoms with Crippen molar-refractivity contribution in [1.29, 1.82) is 0 Å². The highest BCUT2D eigenvalue weighted by atomic mass is 32.1. The molecule has 3 N–H and O–H groups in total. The summed E-state index contributed by atoms with van der Waals surface area (Å²) >= 11 is 1.36. The molecule has 1 aromatic heterocycles. The highest BCUT2D eigenvalue weighted by molar-refractivity contribution is 7.13. The molecule has 0 aliphatic carbocycles. The van der Waals surface area contributed by atoms with Crippen molar-refractivity contribution in [3.8, 4) is 0 Å². The molecule has 1 heterocycles. The minimum Gasteiger partial charge on any atom is -0.481 e. The lowest BCUT2D eigenvalue weighted by atomic mass is 10.1. The maximum absolute atomic E-state index is 11.6. The summed E-state index contributed by atoms with van der Waals surface area (Å²) in [7, 11) is 0. The summed E-state index contributed by atoms with van der Waals surface area (Å²) in [6, 6.07) is 9.61. The lowest BCUT2D eigenvalue weighted by Gasteiger charge is -2.04. The standard InChI is InChI=1S/C15H17N3O3S/c19-13(20)7-4-8-16-14(21)18-15-17-12(10-22-15)9-11-5-2-1-3-6-11/h1-3,5-6,10H,4,7-9H2,(H,19,20)(H2,16,17,18,21). The van der Waals surface area contributed by atoms with Gasteiger partial charge in [0.25, 0.3) is 0 Å². The number of carboxylic acids is 1. The molecular weight excluding hydrogens is 302 g/mol. The molecule has 116 valence electrons. The number of carbonyl (C=O) groups excluding carboxylic acids is 1. The first-order valence-electron chi connectivity index (χ1n) is 6.88. The average molecular weight is 319 g/mol. The summed E-state index contributed by atoms with van der Waals surface area (Å²) in [6.07, 6.45) is 1.16. The van der Waals surface area contributed by atoms with Crippen molar-refractivity contribution in [3.05, 3.63) is 47.0 Å². The molecule has 0 atom stereocenters. The Hall–Kier alpha value is -2.41. The zero-order valence-corrected chi connectivity index (χ0v) is 12.7. The van der Waals surface area contributed by atoms with Crippen LogP contribution >= 0.6 is 11.3 Å². The highest BCUT2D eigenvalue weighted by Gasteiger charge is 2.07. The zero-order valence-electron chi connectivity index (χ0n) is 11.9. The average Bonchev–Trinajstić information content (AvgIpc) is 2.91. The SMILES string of the molecule is O=C(O)CCCNC(=O)Nc1nc(Cc2ccccc2)cs1. The predicted octanol–water partition coefficient (Wildman–Crippen LogP) is 2.72. The Kier molecular flexibility index (Phi) is 5.91. The summed E-state index contributed by atoms with van der Waals surface area (Å²) in [5, 5.41) is 16.2. The smallest absolute Gasteiger partial charge is 0.321 e. The van der Waals surface area contributed by atoms with Gasteiger partial charge in [-0.15, -0.1) is 11.3 Å². The maximum Gasteiger partial charge on any atom is 0.321 e. The van der Waals surface area contributed by atoms with Gasteiger partial charge in [0.05, 0.1) is 5.69 Å². The fourth-order valence-corrected chi connectivity index (χ4v) is 2.54. The molecule has 0 fully saturated rings. The topological polar surface area (TPSA) is 91.3 Å². The van der Waals surface area contributed by atoms with Crippen LogP contribution in [0.1, 0.15) is 24.1 Å². The number of urea groups is 1. The predicted molar refractivity (Wildman–Crippen MR) is 85.3 cm³/mol. The number of hydrogen-bond acceptors (Lipinski definition) is 4. The van der Waals surface area contributed by atoms with Crippen molar-refractivity contribution in [1.82, 2.24) is 10.3 Å². The van der Waals surface area contributed by atoms with Crippen LogP contribution in [-0.4, -0.2) is 28.6 Å². The van der Waals surface area contributed by atoms with E-state index >= 15 is 0 Å². The van der Waals surface area contributed by atoms with E-state index in [0.717, 1.165) is 17.7 Å². The number of aliphatic carboxylic acids is 1. The Labute approximate surface area is 132 Å². The van der Waals surface area contributed by atoms with Crippen molar-refractivity contribution in [2.75, 3.05) is 11.9 Å². The van der Waals surface area contributed by atoms with Gasteiger partial charge in [-0.25, -0.2) is 9.78 Å². The normalized spacial score (nSPS) is 10.2. The van der Waals surface area contributed by atoms with E-state index in [4.69, 9.17) is 5.11 Å². The Morgan fingerprint density at radius 3 is 2.73 bits per heavy atom. The number of carboxylic acid groups (broad SMARTS) is 1. The largest absolute Gasteiger partial charge is 0.481 e. The molecule has 22 heavy (non-hydrogen) atoms. The fourth-order valence-electron chi connectivity index (χ4n) is 1.83. The third kappa shape index (κ3) is 5.53. The molecule has 0 aliphatic rings. The molecule has 6 nitrogen and oxygen atoms in total. The minimum absolute atomic E-state index is 0.0404. The van der Waals surface area contributed by atoms with E-state index in [1.165, 1.54) is 11.3 Å². The highest BCUT2D eigenvalue weighted by Crippen LogP contribution is 2.17. The summed E-state index contributed by atoms with van der Waals surface area (Å²) in [6.45, 7) is 0.320. The molecule has 2 rings (SSSR count). The van der Waals surface area contributed by atoms with Crippen LogP contribution < -0.4 is 10.6 Å². The van der Waals surface area contributed by atoms with Gasteiger partial charge in [0, 0.05) is 24.8 Å². The Morgan fingerprint density at radius 2 is 2.00 bits per heavy atom. The van der Waals surface area contributed by atoms with Crippen LogP contribution in [0.2, 0.25) is 0 Å². The van der Waals surface area contributed by atoms with Crippen LogP contribution in [-0.2, 0) is 11.2 Å². The van der Waals surface area contributed by atoms with E-state index in [9.17, 15) is 9.59 Å². The number of nitrogens with one attached hydrogen (secondary N) is 2. The van der Waals surface area contributed by atoms with Gasteiger partial charge in [-0.3, -0.25) is 10.1 Å². The van der Waals surface area contributed by atoms with Crippen molar-refractivity contribution in [3.63, 3.8) is 0 Å². The second kappa shape index (κ2) is 8.14. The van der Waals surface area contributed by atoms with Crippen LogP contribution in [0, 0.1) is 0 Å². The van der Waals surface area contributed by atoms with E-state index < -0.39 is 5.97 Å². The van der Waals surface area contributed by atoms with E-state index in [0.29, 0.717) is 18.1 Å². The maximum atomic E-state index is 11.6. The number of benzene rings is 1. The summed E-state index contributed by atoms with van der Waals surface area (Å²) in [5.74, 6) is -0.868. The third-order valence-corrected chi connectivity index (χ3v) is 3.66. The van der Waals surface area contributed by atoms with E-state index in [1.807, 2.05) is 35.7 Å². The monoisotopic (exact) mass is 319 g/mol. The number of hydrogen-bond donors (Lipinski definition) is 3. The van der Waals surface area contributed by atoms with Gasteiger partial charge in [0.15, 0.2) is 5.13 Å². The lowest BCUT2D eigenvalue weighted by Crippen LogP contribution is -2.29. The number of aromatic nitrogens is 1. The van der Waals surface area contributed by atoms with Crippen molar-refractivity contribution >= 4 is 28.5 Å². The first kappa shape index (κ1) is 16.0. The fraction of sp³-hybridized carbons (Fsp3) is 0.267. The molecule has 2 amide bonds. The van der Waals surface area contributed by atoms with Crippen LogP contribution in [0.15, 0.2) is 35.7 Å². The Morgan fingerprint density at radius 1 is 1.23 bits per heavy atom. The minimum atomic E-state index is -0.868. The van der Waals surface area contributed by atoms with Gasteiger partial charge >= 0.3 is 12.0 Å². The van der Waals surface area contributed by atoms with Crippen molar-refractivity contribution < 1.29 is 14.7 Å². The molecule has 0 radical (unpaired) electrons.